The molecular formula is C35H35N3O5S. The maximum Gasteiger partial charge on any atom is 0.338 e. The van der Waals surface area contributed by atoms with Crippen LogP contribution in [0.3, 0.4) is 0 Å². The third-order valence-electron chi connectivity index (χ3n) is 7.51. The molecule has 4 aromatic rings. The highest BCUT2D eigenvalue weighted by Gasteiger charge is 2.35. The molecule has 0 amide bonds. The molecule has 9 heteroatoms. The van der Waals surface area contributed by atoms with E-state index >= 15 is 0 Å². The molecule has 1 fully saturated rings. The molecule has 0 saturated carbocycles. The normalized spacial score (nSPS) is 17.0. The third-order valence-corrected chi connectivity index (χ3v) is 8.49. The van der Waals surface area contributed by atoms with Crippen molar-refractivity contribution in [3.05, 3.63) is 121 Å². The molecule has 6 rings (SSSR count). The van der Waals surface area contributed by atoms with Gasteiger partial charge in [0.05, 0.1) is 47.8 Å². The first-order valence-electron chi connectivity index (χ1n) is 14.9. The fourth-order valence-electron chi connectivity index (χ4n) is 5.51. The van der Waals surface area contributed by atoms with Gasteiger partial charge in [0.2, 0.25) is 0 Å². The zero-order chi connectivity index (χ0) is 30.6. The fraction of sp³-hybridized carbons (Fsp3) is 0.286. The molecule has 2 aliphatic rings. The van der Waals surface area contributed by atoms with Crippen LogP contribution in [-0.2, 0) is 14.3 Å². The highest BCUT2D eigenvalue weighted by atomic mass is 32.1. The number of thiazole rings is 1. The number of morpholine rings is 1. The number of aromatic nitrogens is 1. The molecule has 3 heterocycles. The van der Waals surface area contributed by atoms with E-state index in [1.165, 1.54) is 11.3 Å². The Labute approximate surface area is 260 Å². The highest BCUT2D eigenvalue weighted by molar-refractivity contribution is 7.07. The molecule has 0 N–H and O–H groups in total. The van der Waals surface area contributed by atoms with Crippen LogP contribution in [0.2, 0.25) is 0 Å². The number of benzene rings is 3. The average molecular weight is 610 g/mol. The van der Waals surface area contributed by atoms with Gasteiger partial charge in [0, 0.05) is 24.3 Å². The summed E-state index contributed by atoms with van der Waals surface area (Å²) in [5.74, 6) is 0.206. The first-order valence-corrected chi connectivity index (χ1v) is 15.7. The van der Waals surface area contributed by atoms with Crippen LogP contribution in [0.4, 0.5) is 5.69 Å². The maximum atomic E-state index is 14.2. The van der Waals surface area contributed by atoms with Gasteiger partial charge in [-0.1, -0.05) is 65.9 Å². The number of hydrogen-bond donors (Lipinski definition) is 0. The Morgan fingerprint density at radius 2 is 1.73 bits per heavy atom. The van der Waals surface area contributed by atoms with Gasteiger partial charge in [-0.2, -0.15) is 0 Å². The van der Waals surface area contributed by atoms with Crippen LogP contribution in [0.25, 0.3) is 11.8 Å². The Hall–Kier alpha value is -4.47. The molecule has 44 heavy (non-hydrogen) atoms. The number of carbonyl (C=O) groups is 1. The summed E-state index contributed by atoms with van der Waals surface area (Å²) in [5.41, 5.74) is 4.18. The van der Waals surface area contributed by atoms with E-state index in [9.17, 15) is 9.59 Å². The minimum absolute atomic E-state index is 0.0149. The van der Waals surface area contributed by atoms with Gasteiger partial charge in [-0.25, -0.2) is 9.79 Å². The summed E-state index contributed by atoms with van der Waals surface area (Å²) >= 11 is 1.31. The molecule has 3 aromatic carbocycles. The second-order valence-electron chi connectivity index (χ2n) is 10.9. The predicted molar refractivity (Wildman–Crippen MR) is 173 cm³/mol. The fourth-order valence-corrected chi connectivity index (χ4v) is 6.51. The van der Waals surface area contributed by atoms with E-state index in [2.05, 4.69) is 17.0 Å². The number of nitrogens with zero attached hydrogens (tertiary/aromatic N) is 3. The van der Waals surface area contributed by atoms with Gasteiger partial charge in [-0.3, -0.25) is 9.36 Å². The van der Waals surface area contributed by atoms with Gasteiger partial charge in [0.25, 0.3) is 5.56 Å². The van der Waals surface area contributed by atoms with E-state index < -0.39 is 12.0 Å². The van der Waals surface area contributed by atoms with E-state index in [-0.39, 0.29) is 18.3 Å². The molecule has 1 saturated heterocycles. The Kier molecular flexibility index (Phi) is 8.77. The number of ether oxygens (including phenoxy) is 3. The largest absolute Gasteiger partial charge is 0.491 e. The summed E-state index contributed by atoms with van der Waals surface area (Å²) in [6.07, 6.45) is 1.90. The van der Waals surface area contributed by atoms with E-state index in [1.54, 1.807) is 11.5 Å². The predicted octanol–water partition coefficient (Wildman–Crippen LogP) is 4.56. The Morgan fingerprint density at radius 1 is 1.02 bits per heavy atom. The second kappa shape index (κ2) is 13.0. The van der Waals surface area contributed by atoms with Crippen LogP contribution in [-0.4, -0.2) is 49.6 Å². The zero-order valence-corrected chi connectivity index (χ0v) is 25.9. The van der Waals surface area contributed by atoms with Crippen LogP contribution < -0.4 is 24.5 Å². The quantitative estimate of drug-likeness (QED) is 0.273. The van der Waals surface area contributed by atoms with E-state index in [4.69, 9.17) is 19.2 Å². The van der Waals surface area contributed by atoms with Crippen molar-refractivity contribution < 1.29 is 19.0 Å². The molecule has 0 bridgehead atoms. The number of carbonyl (C=O) groups excluding carboxylic acids is 1. The second-order valence-corrected chi connectivity index (χ2v) is 11.9. The lowest BCUT2D eigenvalue weighted by Crippen LogP contribution is -2.40. The molecule has 0 aliphatic carbocycles. The summed E-state index contributed by atoms with van der Waals surface area (Å²) in [5, 5.41) is 0. The molecule has 2 aliphatic heterocycles. The molecular weight excluding hydrogens is 574 g/mol. The summed E-state index contributed by atoms with van der Waals surface area (Å²) in [6, 6.07) is 24.5. The van der Waals surface area contributed by atoms with Crippen molar-refractivity contribution in [2.24, 2.45) is 4.99 Å². The molecule has 0 radical (unpaired) electrons. The van der Waals surface area contributed by atoms with Crippen LogP contribution in [0.15, 0.2) is 94.2 Å². The zero-order valence-electron chi connectivity index (χ0n) is 25.1. The molecule has 226 valence electrons. The third kappa shape index (κ3) is 6.11. The number of anilines is 1. The first-order chi connectivity index (χ1) is 21.4. The lowest BCUT2D eigenvalue weighted by molar-refractivity contribution is -0.138. The average Bonchev–Trinajstić information content (AvgIpc) is 3.35. The lowest BCUT2D eigenvalue weighted by Gasteiger charge is -2.28. The van der Waals surface area contributed by atoms with Gasteiger partial charge in [0.15, 0.2) is 4.80 Å². The number of esters is 1. The Bertz CT molecular complexity index is 1840. The van der Waals surface area contributed by atoms with Crippen LogP contribution in [0.5, 0.6) is 5.75 Å². The van der Waals surface area contributed by atoms with Gasteiger partial charge in [0.1, 0.15) is 5.75 Å². The number of hydrogen-bond acceptors (Lipinski definition) is 8. The molecule has 8 nitrogen and oxygen atoms in total. The van der Waals surface area contributed by atoms with Crippen molar-refractivity contribution in [2.75, 3.05) is 37.8 Å². The summed E-state index contributed by atoms with van der Waals surface area (Å²) < 4.78 is 19.1. The van der Waals surface area contributed by atoms with Gasteiger partial charge in [-0.15, -0.1) is 0 Å². The summed E-state index contributed by atoms with van der Waals surface area (Å²) in [6.45, 7) is 9.05. The maximum absolute atomic E-state index is 14.2. The first kappa shape index (κ1) is 29.6. The molecule has 1 aromatic heterocycles. The van der Waals surface area contributed by atoms with Crippen LogP contribution >= 0.6 is 11.3 Å². The smallest absolute Gasteiger partial charge is 0.338 e. The molecule has 0 spiro atoms. The van der Waals surface area contributed by atoms with E-state index in [1.807, 2.05) is 86.7 Å². The van der Waals surface area contributed by atoms with Crippen molar-refractivity contribution in [3.63, 3.8) is 0 Å². The topological polar surface area (TPSA) is 82.4 Å². The van der Waals surface area contributed by atoms with Gasteiger partial charge in [-0.05, 0) is 62.2 Å². The molecule has 1 atom stereocenters. The summed E-state index contributed by atoms with van der Waals surface area (Å²) in [4.78, 5) is 35.6. The number of rotatable bonds is 8. The van der Waals surface area contributed by atoms with Crippen molar-refractivity contribution in [2.45, 2.75) is 32.9 Å². The van der Waals surface area contributed by atoms with Crippen molar-refractivity contribution in [1.82, 2.24) is 4.57 Å². The molecule has 0 unspecified atom stereocenters. The van der Waals surface area contributed by atoms with E-state index in [0.717, 1.165) is 48.7 Å². The highest BCUT2D eigenvalue weighted by Crippen LogP contribution is 2.35. The van der Waals surface area contributed by atoms with Crippen LogP contribution in [0, 0.1) is 0 Å². The van der Waals surface area contributed by atoms with Gasteiger partial charge < -0.3 is 19.1 Å². The number of fused-ring (bicyclic) bond motifs is 1. The van der Waals surface area contributed by atoms with E-state index in [0.29, 0.717) is 26.4 Å². The Balaban J connectivity index is 1.50. The minimum atomic E-state index is -0.737. The SMILES string of the molecule is CCOC(=O)C1=C(c2ccccc2)N=c2s/c(=C\c3ccc(N4CCOCC4)cc3)c(=O)n2[C@H]1c1ccc(OC(C)C)cc1. The van der Waals surface area contributed by atoms with Crippen molar-refractivity contribution in [3.8, 4) is 5.75 Å². The lowest BCUT2D eigenvalue weighted by atomic mass is 9.93. The Morgan fingerprint density at radius 3 is 2.39 bits per heavy atom. The minimum Gasteiger partial charge on any atom is -0.491 e. The standard InChI is InChI=1S/C35H35N3O5S/c1-4-42-34(40)30-31(25-8-6-5-7-9-25)36-35-38(32(30)26-12-16-28(17-13-26)43-23(2)3)33(39)29(44-35)22-24-10-14-27(15-11-24)37-18-20-41-21-19-37/h5-17,22-23,32H,4,18-21H2,1-3H3/b29-22-/t32-/m0/s1. The van der Waals surface area contributed by atoms with Gasteiger partial charge >= 0.3 is 5.97 Å². The van der Waals surface area contributed by atoms with Crippen molar-refractivity contribution in [1.29, 1.82) is 0 Å². The monoisotopic (exact) mass is 609 g/mol. The van der Waals surface area contributed by atoms with Crippen LogP contribution in [0.1, 0.15) is 43.5 Å². The van der Waals surface area contributed by atoms with Crippen molar-refractivity contribution >= 4 is 34.8 Å². The summed E-state index contributed by atoms with van der Waals surface area (Å²) in [7, 11) is 0.